The molecule has 2 aromatic carbocycles. The van der Waals surface area contributed by atoms with Gasteiger partial charge in [0, 0.05) is 18.9 Å². The molecule has 0 unspecified atom stereocenters. The fourth-order valence-corrected chi connectivity index (χ4v) is 3.86. The Hall–Kier alpha value is -3.56. The molecule has 1 aliphatic heterocycles. The molecule has 8 nitrogen and oxygen atoms in total. The van der Waals surface area contributed by atoms with Crippen molar-refractivity contribution in [1.82, 2.24) is 15.4 Å². The van der Waals surface area contributed by atoms with Crippen molar-refractivity contribution >= 4 is 29.0 Å². The van der Waals surface area contributed by atoms with Gasteiger partial charge in [-0.1, -0.05) is 18.2 Å². The van der Waals surface area contributed by atoms with Crippen LogP contribution in [0.25, 0.3) is 5.69 Å². The topological polar surface area (TPSA) is 88.0 Å². The quantitative estimate of drug-likeness (QED) is 0.327. The van der Waals surface area contributed by atoms with Crippen LogP contribution < -0.4 is 20.4 Å². The maximum absolute atomic E-state index is 11.8. The average Bonchev–Trinajstić information content (AvgIpc) is 3.31. The Labute approximate surface area is 197 Å². The van der Waals surface area contributed by atoms with E-state index >= 15 is 0 Å². The number of aromatic carboxylic acids is 1. The highest BCUT2D eigenvalue weighted by Gasteiger charge is 2.31. The summed E-state index contributed by atoms with van der Waals surface area (Å²) < 4.78 is 7.93. The van der Waals surface area contributed by atoms with Gasteiger partial charge in [0.1, 0.15) is 11.9 Å². The van der Waals surface area contributed by atoms with Gasteiger partial charge in [-0.15, -0.1) is 0 Å². The molecule has 33 heavy (non-hydrogen) atoms. The van der Waals surface area contributed by atoms with Crippen LogP contribution in [0.15, 0.2) is 67.0 Å². The SMILES string of the molecule is CCNC(=S)NOCc1ccc(OC2CN(c3cccc(C(=O)O)c3-n3cccc3)C2)cc1. The number of carboxylic acid groups (broad SMARTS) is 1. The van der Waals surface area contributed by atoms with Gasteiger partial charge in [0.05, 0.1) is 36.6 Å². The van der Waals surface area contributed by atoms with E-state index < -0.39 is 5.97 Å². The lowest BCUT2D eigenvalue weighted by Crippen LogP contribution is -2.54. The van der Waals surface area contributed by atoms with Gasteiger partial charge in [-0.25, -0.2) is 10.3 Å². The van der Waals surface area contributed by atoms with E-state index in [1.165, 1.54) is 0 Å². The predicted octanol–water partition coefficient (Wildman–Crippen LogP) is 3.36. The summed E-state index contributed by atoms with van der Waals surface area (Å²) in [5.74, 6) is -0.166. The fourth-order valence-electron chi connectivity index (χ4n) is 3.66. The molecule has 4 rings (SSSR count). The van der Waals surface area contributed by atoms with Gasteiger partial charge >= 0.3 is 5.97 Å². The summed E-state index contributed by atoms with van der Waals surface area (Å²) >= 11 is 5.05. The summed E-state index contributed by atoms with van der Waals surface area (Å²) in [5.41, 5.74) is 5.49. The number of nitrogens with one attached hydrogen (secondary N) is 2. The maximum atomic E-state index is 11.8. The number of carboxylic acids is 1. The van der Waals surface area contributed by atoms with Gasteiger partial charge < -0.3 is 24.6 Å². The molecule has 9 heteroatoms. The normalized spacial score (nSPS) is 13.3. The van der Waals surface area contributed by atoms with Crippen molar-refractivity contribution in [3.05, 3.63) is 78.1 Å². The van der Waals surface area contributed by atoms with Crippen molar-refractivity contribution in [3.8, 4) is 11.4 Å². The van der Waals surface area contributed by atoms with Gasteiger partial charge in [0.25, 0.3) is 0 Å². The van der Waals surface area contributed by atoms with Crippen molar-refractivity contribution in [2.24, 2.45) is 0 Å². The molecule has 2 heterocycles. The second-order valence-electron chi connectivity index (χ2n) is 7.61. The molecule has 1 aromatic heterocycles. The first-order valence-electron chi connectivity index (χ1n) is 10.7. The minimum atomic E-state index is -0.948. The molecule has 0 aliphatic carbocycles. The van der Waals surface area contributed by atoms with Crippen LogP contribution in [0.3, 0.4) is 0 Å². The highest BCUT2D eigenvalue weighted by atomic mass is 32.1. The molecule has 0 saturated carbocycles. The summed E-state index contributed by atoms with van der Waals surface area (Å²) in [5, 5.41) is 13.1. The van der Waals surface area contributed by atoms with E-state index in [4.69, 9.17) is 21.8 Å². The maximum Gasteiger partial charge on any atom is 0.337 e. The molecule has 1 saturated heterocycles. The smallest absolute Gasteiger partial charge is 0.337 e. The van der Waals surface area contributed by atoms with Crippen molar-refractivity contribution in [2.75, 3.05) is 24.5 Å². The molecule has 0 radical (unpaired) electrons. The molecular weight excluding hydrogens is 440 g/mol. The lowest BCUT2D eigenvalue weighted by atomic mass is 10.1. The molecule has 3 aromatic rings. The molecule has 1 aliphatic rings. The van der Waals surface area contributed by atoms with Crippen LogP contribution in [-0.2, 0) is 11.4 Å². The first kappa shape index (κ1) is 22.6. The number of hydrogen-bond donors (Lipinski definition) is 3. The zero-order valence-corrected chi connectivity index (χ0v) is 19.0. The van der Waals surface area contributed by atoms with E-state index in [-0.39, 0.29) is 11.7 Å². The summed E-state index contributed by atoms with van der Waals surface area (Å²) in [6.45, 7) is 4.42. The fraction of sp³-hybridized carbons (Fsp3) is 0.250. The Balaban J connectivity index is 1.34. The van der Waals surface area contributed by atoms with E-state index in [9.17, 15) is 9.90 Å². The van der Waals surface area contributed by atoms with Crippen molar-refractivity contribution in [1.29, 1.82) is 0 Å². The minimum Gasteiger partial charge on any atom is -0.487 e. The van der Waals surface area contributed by atoms with E-state index in [2.05, 4.69) is 15.7 Å². The number of benzene rings is 2. The number of rotatable bonds is 9. The van der Waals surface area contributed by atoms with Crippen LogP contribution >= 0.6 is 12.2 Å². The first-order chi connectivity index (χ1) is 16.0. The summed E-state index contributed by atoms with van der Waals surface area (Å²) in [4.78, 5) is 19.3. The molecule has 3 N–H and O–H groups in total. The van der Waals surface area contributed by atoms with Crippen LogP contribution in [0.1, 0.15) is 22.8 Å². The second-order valence-corrected chi connectivity index (χ2v) is 8.02. The number of ether oxygens (including phenoxy) is 1. The number of nitrogens with zero attached hydrogens (tertiary/aromatic N) is 2. The molecular formula is C24H26N4O4S. The zero-order valence-electron chi connectivity index (χ0n) is 18.2. The minimum absolute atomic E-state index is 0.0252. The van der Waals surface area contributed by atoms with Crippen molar-refractivity contribution in [3.63, 3.8) is 0 Å². The van der Waals surface area contributed by atoms with E-state index in [1.807, 2.05) is 66.3 Å². The monoisotopic (exact) mass is 466 g/mol. The number of anilines is 1. The van der Waals surface area contributed by atoms with Crippen LogP contribution in [0.4, 0.5) is 5.69 Å². The first-order valence-corrected chi connectivity index (χ1v) is 11.1. The number of hydrogen-bond acceptors (Lipinski definition) is 5. The lowest BCUT2D eigenvalue weighted by molar-refractivity contribution is 0.0697. The lowest BCUT2D eigenvalue weighted by Gasteiger charge is -2.41. The van der Waals surface area contributed by atoms with Gasteiger partial charge in [0.2, 0.25) is 0 Å². The number of para-hydroxylation sites is 1. The number of thiocarbonyl (C=S) groups is 1. The average molecular weight is 467 g/mol. The summed E-state index contributed by atoms with van der Waals surface area (Å²) in [6.07, 6.45) is 3.73. The van der Waals surface area contributed by atoms with Crippen LogP contribution in [0, 0.1) is 0 Å². The van der Waals surface area contributed by atoms with Crippen LogP contribution in [0.2, 0.25) is 0 Å². The third-order valence-corrected chi connectivity index (χ3v) is 5.49. The number of carbonyl (C=O) groups is 1. The summed E-state index contributed by atoms with van der Waals surface area (Å²) in [6, 6.07) is 16.8. The third kappa shape index (κ3) is 5.44. The second kappa shape index (κ2) is 10.4. The molecule has 1 fully saturated rings. The summed E-state index contributed by atoms with van der Waals surface area (Å²) in [7, 11) is 0. The van der Waals surface area contributed by atoms with Gasteiger partial charge in [0.15, 0.2) is 5.11 Å². The molecule has 0 atom stereocenters. The molecule has 0 amide bonds. The Kier molecular flexibility index (Phi) is 7.11. The van der Waals surface area contributed by atoms with Gasteiger partial charge in [-0.3, -0.25) is 4.84 Å². The Morgan fingerprint density at radius 3 is 2.52 bits per heavy atom. The standard InChI is InChI=1S/C24H26N4O4S/c1-2-25-24(33)26-31-16-17-8-10-18(11-9-17)32-19-14-28(15-19)21-7-5-6-20(23(29)30)22(21)27-12-3-4-13-27/h3-13,19H,2,14-16H2,1H3,(H,29,30)(H2,25,26,33). The molecule has 0 bridgehead atoms. The van der Waals surface area contributed by atoms with Crippen LogP contribution in [0.5, 0.6) is 5.75 Å². The van der Waals surface area contributed by atoms with E-state index in [0.717, 1.165) is 23.5 Å². The zero-order chi connectivity index (χ0) is 23.2. The Morgan fingerprint density at radius 1 is 1.12 bits per heavy atom. The molecule has 0 spiro atoms. The van der Waals surface area contributed by atoms with Gasteiger partial charge in [-0.2, -0.15) is 0 Å². The largest absolute Gasteiger partial charge is 0.487 e. The highest BCUT2D eigenvalue weighted by Crippen LogP contribution is 2.32. The predicted molar refractivity (Wildman–Crippen MR) is 130 cm³/mol. The van der Waals surface area contributed by atoms with Crippen molar-refractivity contribution < 1.29 is 19.5 Å². The van der Waals surface area contributed by atoms with E-state index in [1.54, 1.807) is 12.1 Å². The highest BCUT2D eigenvalue weighted by molar-refractivity contribution is 7.80. The van der Waals surface area contributed by atoms with Gasteiger partial charge in [-0.05, 0) is 61.1 Å². The number of hydroxylamine groups is 1. The Morgan fingerprint density at radius 2 is 1.85 bits per heavy atom. The van der Waals surface area contributed by atoms with Crippen LogP contribution in [-0.4, -0.2) is 46.5 Å². The Bertz CT molecular complexity index is 1100. The third-order valence-electron chi connectivity index (χ3n) is 5.26. The molecule has 172 valence electrons. The van der Waals surface area contributed by atoms with Crippen molar-refractivity contribution in [2.45, 2.75) is 19.6 Å². The van der Waals surface area contributed by atoms with E-state index in [0.29, 0.717) is 30.5 Å². The number of aromatic nitrogens is 1.